The first-order chi connectivity index (χ1) is 18.2. The molecular formula is C22H28F2N5O9P. The van der Waals surface area contributed by atoms with Crippen molar-refractivity contribution in [3.63, 3.8) is 0 Å². The zero-order chi connectivity index (χ0) is 29.0. The lowest BCUT2D eigenvalue weighted by Gasteiger charge is -2.23. The van der Waals surface area contributed by atoms with Gasteiger partial charge in [0.2, 0.25) is 12.1 Å². The number of anilines is 1. The highest BCUT2D eigenvalue weighted by Gasteiger charge is 2.60. The highest BCUT2D eigenvalue weighted by molar-refractivity contribution is 7.52. The number of rotatable bonds is 12. The average Bonchev–Trinajstić information content (AvgIpc) is 3.06. The summed E-state index contributed by atoms with van der Waals surface area (Å²) in [5, 5.41) is 24.0. The molecule has 2 heterocycles. The highest BCUT2D eigenvalue weighted by atomic mass is 31.2. The first-order valence-electron chi connectivity index (χ1n) is 11.5. The van der Waals surface area contributed by atoms with Gasteiger partial charge in [-0.05, 0) is 39.2 Å². The molecule has 3 rings (SSSR count). The van der Waals surface area contributed by atoms with Gasteiger partial charge in [0.1, 0.15) is 23.7 Å². The molecule has 0 saturated carbocycles. The Labute approximate surface area is 221 Å². The number of aliphatic hydroxyl groups excluding tert-OH is 1. The van der Waals surface area contributed by atoms with Crippen LogP contribution in [0, 0.1) is 0 Å². The summed E-state index contributed by atoms with van der Waals surface area (Å²) in [6, 6.07) is 7.20. The van der Waals surface area contributed by atoms with Crippen LogP contribution >= 0.6 is 7.75 Å². The first-order valence-corrected chi connectivity index (χ1v) is 13.0. The standard InChI is InChI=1S/C22H28F2N5O9P/c1-13(19(32)33)27-39(35,38-14-7-5-4-6-8-14)36-12-15-18(31)22(23,24)20(37-15)29-10-9-16(26-21(29)34)25-17(30)11-28(2)3/h4-10,13,15,18,20,31H,11-12H2,1-3H3,(H,27,35)(H,32,33)(H,25,26,30,34)/t13?,15-,18-,20-,39?/m1/s1. The van der Waals surface area contributed by atoms with E-state index >= 15 is 0 Å². The number of carbonyl (C=O) groups is 2. The van der Waals surface area contributed by atoms with Gasteiger partial charge in [0, 0.05) is 6.20 Å². The summed E-state index contributed by atoms with van der Waals surface area (Å²) < 4.78 is 59.3. The van der Waals surface area contributed by atoms with Crippen LogP contribution < -0.4 is 20.6 Å². The largest absolute Gasteiger partial charge is 0.480 e. The molecular weight excluding hydrogens is 547 g/mol. The van der Waals surface area contributed by atoms with Crippen molar-refractivity contribution in [2.45, 2.75) is 37.3 Å². The molecule has 1 saturated heterocycles. The van der Waals surface area contributed by atoms with Gasteiger partial charge in [-0.1, -0.05) is 18.2 Å². The Balaban J connectivity index is 1.76. The third kappa shape index (κ3) is 7.65. The van der Waals surface area contributed by atoms with Crippen molar-refractivity contribution in [1.29, 1.82) is 0 Å². The number of aromatic nitrogens is 2. The Kier molecular flexibility index (Phi) is 9.53. The van der Waals surface area contributed by atoms with Crippen molar-refractivity contribution in [1.82, 2.24) is 19.5 Å². The molecule has 1 amide bonds. The van der Waals surface area contributed by atoms with E-state index in [0.29, 0.717) is 4.57 Å². The van der Waals surface area contributed by atoms with Gasteiger partial charge in [-0.15, -0.1) is 0 Å². The molecule has 214 valence electrons. The van der Waals surface area contributed by atoms with E-state index < -0.39 is 62.3 Å². The van der Waals surface area contributed by atoms with E-state index in [0.717, 1.165) is 19.2 Å². The maximum absolute atomic E-state index is 15.0. The fourth-order valence-electron chi connectivity index (χ4n) is 3.41. The molecule has 0 radical (unpaired) electrons. The fraction of sp³-hybridized carbons (Fsp3) is 0.455. The van der Waals surface area contributed by atoms with E-state index in [4.69, 9.17) is 13.8 Å². The van der Waals surface area contributed by atoms with Gasteiger partial charge in [0.05, 0.1) is 13.2 Å². The van der Waals surface area contributed by atoms with Gasteiger partial charge >= 0.3 is 25.3 Å². The summed E-state index contributed by atoms with van der Waals surface area (Å²) in [7, 11) is -1.21. The van der Waals surface area contributed by atoms with Crippen molar-refractivity contribution in [3.05, 3.63) is 53.1 Å². The van der Waals surface area contributed by atoms with E-state index in [1.165, 1.54) is 12.1 Å². The number of amides is 1. The third-order valence-electron chi connectivity index (χ3n) is 5.29. The quantitative estimate of drug-likeness (QED) is 0.263. The van der Waals surface area contributed by atoms with Gasteiger partial charge < -0.3 is 29.7 Å². The molecule has 4 N–H and O–H groups in total. The number of hydrogen-bond donors (Lipinski definition) is 4. The fourth-order valence-corrected chi connectivity index (χ4v) is 4.92. The number of aliphatic carboxylic acids is 1. The van der Waals surface area contributed by atoms with E-state index in [1.54, 1.807) is 37.2 Å². The maximum atomic E-state index is 15.0. The van der Waals surface area contributed by atoms with E-state index in [-0.39, 0.29) is 18.1 Å². The van der Waals surface area contributed by atoms with Crippen LogP contribution in [-0.4, -0.2) is 88.0 Å². The Hall–Kier alpha value is -3.27. The molecule has 1 aliphatic rings. The van der Waals surface area contributed by atoms with Crippen molar-refractivity contribution in [2.24, 2.45) is 0 Å². The summed E-state index contributed by atoms with van der Waals surface area (Å²) in [5.74, 6) is -6.07. The van der Waals surface area contributed by atoms with Gasteiger partial charge in [0.15, 0.2) is 6.10 Å². The molecule has 0 bridgehead atoms. The molecule has 39 heavy (non-hydrogen) atoms. The Bertz CT molecular complexity index is 1280. The van der Waals surface area contributed by atoms with Crippen molar-refractivity contribution in [2.75, 3.05) is 32.6 Å². The Morgan fingerprint density at radius 2 is 1.95 bits per heavy atom. The third-order valence-corrected chi connectivity index (χ3v) is 6.93. The number of carbonyl (C=O) groups excluding carboxylic acids is 1. The SMILES string of the molecule is CC(NP(=O)(OC[C@H]1O[C@@H](n2ccc(NC(=O)CN(C)C)nc2=O)C(F)(F)[C@@H]1O)Oc1ccccc1)C(=O)O. The van der Waals surface area contributed by atoms with Crippen LogP contribution in [0.4, 0.5) is 14.6 Å². The molecule has 17 heteroatoms. The first kappa shape index (κ1) is 30.3. The minimum Gasteiger partial charge on any atom is -0.480 e. The summed E-state index contributed by atoms with van der Waals surface area (Å²) in [6.45, 7) is 0.210. The molecule has 5 atom stereocenters. The molecule has 1 aromatic heterocycles. The van der Waals surface area contributed by atoms with E-state index in [2.05, 4.69) is 15.4 Å². The number of hydrogen-bond acceptors (Lipinski definition) is 10. The van der Waals surface area contributed by atoms with Gasteiger partial charge in [-0.25, -0.2) is 9.36 Å². The lowest BCUT2D eigenvalue weighted by molar-refractivity contribution is -0.141. The number of alkyl halides is 2. The second-order valence-electron chi connectivity index (χ2n) is 8.82. The smallest absolute Gasteiger partial charge is 0.459 e. The summed E-state index contributed by atoms with van der Waals surface area (Å²) in [4.78, 5) is 40.7. The normalized spacial score (nSPS) is 22.7. The van der Waals surface area contributed by atoms with Crippen LogP contribution in [0.5, 0.6) is 5.75 Å². The zero-order valence-corrected chi connectivity index (χ0v) is 22.0. The number of para-hydroxylation sites is 1. The van der Waals surface area contributed by atoms with Crippen molar-refractivity contribution >= 4 is 25.4 Å². The van der Waals surface area contributed by atoms with Crippen LogP contribution in [0.1, 0.15) is 13.2 Å². The van der Waals surface area contributed by atoms with E-state index in [9.17, 15) is 37.9 Å². The Morgan fingerprint density at radius 3 is 2.54 bits per heavy atom. The number of likely N-dealkylation sites (N-methyl/N-ethyl adjacent to an activating group) is 1. The van der Waals surface area contributed by atoms with Crippen LogP contribution in [0.15, 0.2) is 47.4 Å². The maximum Gasteiger partial charge on any atom is 0.459 e. The molecule has 2 unspecified atom stereocenters. The van der Waals surface area contributed by atoms with Gasteiger partial charge in [0.25, 0.3) is 0 Å². The van der Waals surface area contributed by atoms with Crippen LogP contribution in [0.3, 0.4) is 0 Å². The number of ether oxygens (including phenoxy) is 1. The molecule has 14 nitrogen and oxygen atoms in total. The zero-order valence-electron chi connectivity index (χ0n) is 21.1. The highest BCUT2D eigenvalue weighted by Crippen LogP contribution is 2.47. The van der Waals surface area contributed by atoms with E-state index in [1.807, 2.05) is 0 Å². The lowest BCUT2D eigenvalue weighted by Crippen LogP contribution is -2.42. The number of nitrogens with one attached hydrogen (secondary N) is 2. The molecule has 1 fully saturated rings. The second kappa shape index (κ2) is 12.3. The number of benzene rings is 1. The number of halogens is 2. The molecule has 0 spiro atoms. The summed E-state index contributed by atoms with van der Waals surface area (Å²) in [6.07, 6.45) is -5.75. The minimum absolute atomic E-state index is 0.0135. The predicted octanol–water partition coefficient (Wildman–Crippen LogP) is 0.903. The number of aliphatic hydroxyl groups is 1. The number of nitrogens with zero attached hydrogens (tertiary/aromatic N) is 3. The number of carboxylic acids is 1. The summed E-state index contributed by atoms with van der Waals surface area (Å²) in [5.41, 5.74) is -1.20. The van der Waals surface area contributed by atoms with Crippen molar-refractivity contribution < 1.29 is 46.9 Å². The topological polar surface area (TPSA) is 182 Å². The summed E-state index contributed by atoms with van der Waals surface area (Å²) >= 11 is 0. The molecule has 0 aliphatic carbocycles. The van der Waals surface area contributed by atoms with Gasteiger partial charge in [-0.2, -0.15) is 18.9 Å². The van der Waals surface area contributed by atoms with Crippen LogP contribution in [0.25, 0.3) is 0 Å². The second-order valence-corrected chi connectivity index (χ2v) is 10.5. The van der Waals surface area contributed by atoms with Gasteiger partial charge in [-0.3, -0.25) is 18.7 Å². The monoisotopic (exact) mass is 575 g/mol. The predicted molar refractivity (Wildman–Crippen MR) is 131 cm³/mol. The minimum atomic E-state index is -4.50. The van der Waals surface area contributed by atoms with Crippen LogP contribution in [-0.2, 0) is 23.4 Å². The Morgan fingerprint density at radius 1 is 1.28 bits per heavy atom. The average molecular weight is 575 g/mol. The number of carboxylic acid groups (broad SMARTS) is 1. The molecule has 1 aliphatic heterocycles. The lowest BCUT2D eigenvalue weighted by atomic mass is 10.1. The van der Waals surface area contributed by atoms with Crippen LogP contribution in [0.2, 0.25) is 0 Å². The molecule has 1 aromatic carbocycles. The molecule has 2 aromatic rings. The van der Waals surface area contributed by atoms with Crippen molar-refractivity contribution in [3.8, 4) is 5.75 Å².